The first kappa shape index (κ1) is 13.4. The van der Waals surface area contributed by atoms with Crippen LogP contribution in [0, 0.1) is 5.92 Å². The summed E-state index contributed by atoms with van der Waals surface area (Å²) in [6.07, 6.45) is 5.52. The van der Waals surface area contributed by atoms with Crippen molar-refractivity contribution in [3.8, 4) is 0 Å². The van der Waals surface area contributed by atoms with E-state index in [9.17, 15) is 9.90 Å². The summed E-state index contributed by atoms with van der Waals surface area (Å²) in [5, 5.41) is 10.6. The van der Waals surface area contributed by atoms with Crippen LogP contribution in [-0.4, -0.2) is 14.2 Å². The zero-order chi connectivity index (χ0) is 14.3. The van der Waals surface area contributed by atoms with Gasteiger partial charge in [0.15, 0.2) is 0 Å². The van der Waals surface area contributed by atoms with Crippen LogP contribution < -0.4 is 5.69 Å². The van der Waals surface area contributed by atoms with Crippen LogP contribution in [0.1, 0.15) is 43.8 Å². The van der Waals surface area contributed by atoms with Crippen LogP contribution in [0.25, 0.3) is 11.0 Å². The first-order valence-electron chi connectivity index (χ1n) is 7.43. The van der Waals surface area contributed by atoms with Crippen LogP contribution in [0.3, 0.4) is 0 Å². The molecule has 4 nitrogen and oxygen atoms in total. The molecule has 1 aliphatic rings. The fourth-order valence-electron chi connectivity index (χ4n) is 3.43. The van der Waals surface area contributed by atoms with E-state index in [0.717, 1.165) is 29.4 Å². The molecule has 1 atom stereocenters. The summed E-state index contributed by atoms with van der Waals surface area (Å²) in [6.45, 7) is 0. The molecule has 1 aromatic carbocycles. The topological polar surface area (TPSA) is 47.2 Å². The van der Waals surface area contributed by atoms with E-state index in [0.29, 0.717) is 5.92 Å². The molecular weight excluding hydrogens is 252 g/mol. The Morgan fingerprint density at radius 2 is 1.75 bits per heavy atom. The Hall–Kier alpha value is -1.55. The molecule has 1 aliphatic carbocycles. The van der Waals surface area contributed by atoms with E-state index in [1.807, 2.05) is 18.2 Å². The maximum absolute atomic E-state index is 11.9. The second-order valence-corrected chi connectivity index (χ2v) is 5.99. The van der Waals surface area contributed by atoms with E-state index in [2.05, 4.69) is 0 Å². The highest BCUT2D eigenvalue weighted by atomic mass is 16.3. The highest BCUT2D eigenvalue weighted by Gasteiger charge is 2.23. The van der Waals surface area contributed by atoms with Gasteiger partial charge in [0.05, 0.1) is 17.1 Å². The molecule has 0 bridgehead atoms. The van der Waals surface area contributed by atoms with Gasteiger partial charge >= 0.3 is 5.69 Å². The van der Waals surface area contributed by atoms with Gasteiger partial charge in [0.25, 0.3) is 0 Å². The summed E-state index contributed by atoms with van der Waals surface area (Å²) in [6, 6.07) is 5.87. The number of imidazole rings is 1. The minimum absolute atomic E-state index is 0.0238. The molecule has 1 aromatic heterocycles. The number of hydrogen-bond donors (Lipinski definition) is 1. The van der Waals surface area contributed by atoms with Gasteiger partial charge in [0.1, 0.15) is 0 Å². The summed E-state index contributed by atoms with van der Waals surface area (Å²) >= 11 is 0. The van der Waals surface area contributed by atoms with Gasteiger partial charge in [0.2, 0.25) is 0 Å². The Bertz CT molecular complexity index is 678. The van der Waals surface area contributed by atoms with Gasteiger partial charge in [-0.2, -0.15) is 0 Å². The molecule has 0 radical (unpaired) electrons. The Morgan fingerprint density at radius 1 is 1.10 bits per heavy atom. The molecule has 108 valence electrons. The molecule has 20 heavy (non-hydrogen) atoms. The van der Waals surface area contributed by atoms with Crippen LogP contribution >= 0.6 is 0 Å². The third-order valence-corrected chi connectivity index (χ3v) is 4.73. The van der Waals surface area contributed by atoms with Crippen molar-refractivity contribution in [2.75, 3.05) is 0 Å². The quantitative estimate of drug-likeness (QED) is 0.914. The molecule has 0 amide bonds. The molecule has 1 heterocycles. The largest absolute Gasteiger partial charge is 0.388 e. The first-order chi connectivity index (χ1) is 9.59. The van der Waals surface area contributed by atoms with Crippen LogP contribution in [0.5, 0.6) is 0 Å². The van der Waals surface area contributed by atoms with Gasteiger partial charge in [-0.15, -0.1) is 0 Å². The molecule has 1 fully saturated rings. The lowest BCUT2D eigenvalue weighted by molar-refractivity contribution is 0.0849. The maximum Gasteiger partial charge on any atom is 0.328 e. The Balaban J connectivity index is 2.00. The molecule has 2 aromatic rings. The average Bonchev–Trinajstić information content (AvgIpc) is 2.72. The lowest BCUT2D eigenvalue weighted by Gasteiger charge is -2.26. The Labute approximate surface area is 118 Å². The van der Waals surface area contributed by atoms with Crippen molar-refractivity contribution in [1.82, 2.24) is 9.13 Å². The summed E-state index contributed by atoms with van der Waals surface area (Å²) in [5.74, 6) is 0.363. The number of hydrogen-bond acceptors (Lipinski definition) is 2. The lowest BCUT2D eigenvalue weighted by atomic mass is 9.83. The van der Waals surface area contributed by atoms with Crippen molar-refractivity contribution in [3.05, 3.63) is 34.2 Å². The van der Waals surface area contributed by atoms with Crippen molar-refractivity contribution in [2.45, 2.75) is 38.2 Å². The van der Waals surface area contributed by atoms with Crippen molar-refractivity contribution in [2.24, 2.45) is 20.0 Å². The van der Waals surface area contributed by atoms with Crippen molar-refractivity contribution in [3.63, 3.8) is 0 Å². The molecule has 4 heteroatoms. The van der Waals surface area contributed by atoms with Crippen LogP contribution in [0.4, 0.5) is 0 Å². The second-order valence-electron chi connectivity index (χ2n) is 5.99. The lowest BCUT2D eigenvalue weighted by Crippen LogP contribution is -2.19. The zero-order valence-electron chi connectivity index (χ0n) is 12.2. The van der Waals surface area contributed by atoms with E-state index in [-0.39, 0.29) is 5.69 Å². The van der Waals surface area contributed by atoms with E-state index in [1.54, 1.807) is 23.2 Å². The van der Waals surface area contributed by atoms with Crippen LogP contribution in [0.2, 0.25) is 0 Å². The van der Waals surface area contributed by atoms with Crippen molar-refractivity contribution in [1.29, 1.82) is 0 Å². The number of benzene rings is 1. The number of rotatable bonds is 2. The van der Waals surface area contributed by atoms with Gasteiger partial charge in [-0.25, -0.2) is 4.79 Å². The van der Waals surface area contributed by atoms with Gasteiger partial charge in [-0.3, -0.25) is 9.13 Å². The van der Waals surface area contributed by atoms with Crippen molar-refractivity contribution < 1.29 is 5.11 Å². The van der Waals surface area contributed by atoms with E-state index in [1.165, 1.54) is 19.3 Å². The van der Waals surface area contributed by atoms with E-state index in [4.69, 9.17) is 0 Å². The maximum atomic E-state index is 11.9. The van der Waals surface area contributed by atoms with Crippen molar-refractivity contribution >= 4 is 11.0 Å². The number of fused-ring (bicyclic) bond motifs is 1. The van der Waals surface area contributed by atoms with Gasteiger partial charge in [-0.05, 0) is 36.5 Å². The number of aliphatic hydroxyl groups is 1. The molecular formula is C16H22N2O2. The van der Waals surface area contributed by atoms with E-state index < -0.39 is 6.10 Å². The fourth-order valence-corrected chi connectivity index (χ4v) is 3.43. The Morgan fingerprint density at radius 3 is 2.45 bits per heavy atom. The predicted molar refractivity (Wildman–Crippen MR) is 79.7 cm³/mol. The molecule has 1 N–H and O–H groups in total. The van der Waals surface area contributed by atoms with Gasteiger partial charge < -0.3 is 5.11 Å². The number of aryl methyl sites for hydroxylation is 2. The molecule has 0 aliphatic heterocycles. The third-order valence-electron chi connectivity index (χ3n) is 4.73. The van der Waals surface area contributed by atoms with E-state index >= 15 is 0 Å². The summed E-state index contributed by atoms with van der Waals surface area (Å²) in [4.78, 5) is 11.9. The summed E-state index contributed by atoms with van der Waals surface area (Å²) in [5.41, 5.74) is 2.72. The van der Waals surface area contributed by atoms with Gasteiger partial charge in [-0.1, -0.05) is 25.3 Å². The predicted octanol–water partition coefficient (Wildman–Crippen LogP) is 2.49. The van der Waals surface area contributed by atoms with Crippen LogP contribution in [0.15, 0.2) is 23.0 Å². The normalized spacial score (nSPS) is 18.6. The molecule has 1 unspecified atom stereocenters. The standard InChI is InChI=1S/C16H22N2O2/c1-17-13-9-8-12(10-14(13)18(2)16(17)20)15(19)11-6-4-3-5-7-11/h8-11,15,19H,3-7H2,1-2H3. The minimum Gasteiger partial charge on any atom is -0.388 e. The highest BCUT2D eigenvalue weighted by molar-refractivity contribution is 5.76. The minimum atomic E-state index is -0.407. The molecule has 0 spiro atoms. The van der Waals surface area contributed by atoms with Gasteiger partial charge in [0, 0.05) is 14.1 Å². The highest BCUT2D eigenvalue weighted by Crippen LogP contribution is 2.35. The number of aromatic nitrogens is 2. The monoisotopic (exact) mass is 274 g/mol. The number of aliphatic hydroxyl groups excluding tert-OH is 1. The summed E-state index contributed by atoms with van der Waals surface area (Å²) in [7, 11) is 3.56. The molecule has 0 saturated heterocycles. The average molecular weight is 274 g/mol. The smallest absolute Gasteiger partial charge is 0.328 e. The van der Waals surface area contributed by atoms with Crippen LogP contribution in [-0.2, 0) is 14.1 Å². The first-order valence-corrected chi connectivity index (χ1v) is 7.43. The third kappa shape index (κ3) is 2.08. The fraction of sp³-hybridized carbons (Fsp3) is 0.562. The SMILES string of the molecule is Cn1c(=O)n(C)c2cc(C(O)C3CCCCC3)ccc21. The Kier molecular flexibility index (Phi) is 3.42. The zero-order valence-corrected chi connectivity index (χ0v) is 12.2. The molecule has 3 rings (SSSR count). The number of nitrogens with zero attached hydrogens (tertiary/aromatic N) is 2. The second kappa shape index (κ2) is 5.09. The molecule has 1 saturated carbocycles. The summed E-state index contributed by atoms with van der Waals surface area (Å²) < 4.78 is 3.29.